The first-order valence-corrected chi connectivity index (χ1v) is 4.97. The minimum atomic E-state index is -0.0363. The molecular weight excluding hydrogens is 194 g/mol. The third-order valence-electron chi connectivity index (χ3n) is 2.29. The summed E-state index contributed by atoms with van der Waals surface area (Å²) in [5, 5.41) is 0. The van der Waals surface area contributed by atoms with Crippen LogP contribution in [0, 0.1) is 0 Å². The van der Waals surface area contributed by atoms with Gasteiger partial charge < -0.3 is 9.47 Å². The van der Waals surface area contributed by atoms with Gasteiger partial charge in [-0.1, -0.05) is 0 Å². The highest BCUT2D eigenvalue weighted by atomic mass is 16.5. The lowest BCUT2D eigenvalue weighted by Gasteiger charge is -2.10. The van der Waals surface area contributed by atoms with Crippen molar-refractivity contribution < 1.29 is 14.3 Å². The third kappa shape index (κ3) is 2.53. The van der Waals surface area contributed by atoms with E-state index in [4.69, 9.17) is 9.47 Å². The highest BCUT2D eigenvalue weighted by molar-refractivity contribution is 5.92. The number of rotatable bonds is 3. The molecule has 15 heavy (non-hydrogen) atoms. The van der Waals surface area contributed by atoms with Crippen LogP contribution in [-0.4, -0.2) is 30.1 Å². The Labute approximate surface area is 88.2 Å². The SMILES string of the molecule is CC(=O)c1ccc(O[C@H]2CCOC2)cn1. The molecule has 1 fully saturated rings. The maximum Gasteiger partial charge on any atom is 0.178 e. The second-order valence-electron chi connectivity index (χ2n) is 3.54. The summed E-state index contributed by atoms with van der Waals surface area (Å²) in [7, 11) is 0. The monoisotopic (exact) mass is 207 g/mol. The molecule has 0 amide bonds. The van der Waals surface area contributed by atoms with Gasteiger partial charge in [-0.15, -0.1) is 0 Å². The molecule has 1 saturated heterocycles. The van der Waals surface area contributed by atoms with Crippen LogP contribution in [0.2, 0.25) is 0 Å². The molecule has 0 bridgehead atoms. The van der Waals surface area contributed by atoms with Crippen LogP contribution < -0.4 is 4.74 Å². The average Bonchev–Trinajstić information content (AvgIpc) is 2.71. The van der Waals surface area contributed by atoms with E-state index in [1.54, 1.807) is 18.3 Å². The van der Waals surface area contributed by atoms with Crippen LogP contribution in [0.15, 0.2) is 18.3 Å². The number of ether oxygens (including phenoxy) is 2. The number of Topliss-reactive ketones (excluding diaryl/α,β-unsaturated/α-hetero) is 1. The number of carbonyl (C=O) groups excluding carboxylic acids is 1. The summed E-state index contributed by atoms with van der Waals surface area (Å²) < 4.78 is 10.8. The Morgan fingerprint density at radius 2 is 2.47 bits per heavy atom. The Bertz CT molecular complexity index is 341. The number of ketones is 1. The highest BCUT2D eigenvalue weighted by Gasteiger charge is 2.17. The molecular formula is C11H13NO3. The van der Waals surface area contributed by atoms with Gasteiger partial charge in [0.1, 0.15) is 17.5 Å². The Kier molecular flexibility index (Phi) is 2.97. The van der Waals surface area contributed by atoms with Crippen molar-refractivity contribution in [3.63, 3.8) is 0 Å². The summed E-state index contributed by atoms with van der Waals surface area (Å²) in [5.74, 6) is 0.654. The van der Waals surface area contributed by atoms with E-state index in [-0.39, 0.29) is 11.9 Å². The third-order valence-corrected chi connectivity index (χ3v) is 2.29. The first-order valence-electron chi connectivity index (χ1n) is 4.97. The quantitative estimate of drug-likeness (QED) is 0.704. The number of pyridine rings is 1. The van der Waals surface area contributed by atoms with E-state index in [0.29, 0.717) is 18.1 Å². The van der Waals surface area contributed by atoms with Crippen molar-refractivity contribution in [2.45, 2.75) is 19.4 Å². The number of aromatic nitrogens is 1. The van der Waals surface area contributed by atoms with Crippen molar-refractivity contribution in [2.75, 3.05) is 13.2 Å². The van der Waals surface area contributed by atoms with Crippen LogP contribution in [-0.2, 0) is 4.74 Å². The van der Waals surface area contributed by atoms with Gasteiger partial charge in [-0.25, -0.2) is 4.98 Å². The van der Waals surface area contributed by atoms with E-state index < -0.39 is 0 Å². The predicted octanol–water partition coefficient (Wildman–Crippen LogP) is 1.45. The molecule has 0 aliphatic carbocycles. The van der Waals surface area contributed by atoms with Gasteiger partial charge in [-0.05, 0) is 12.1 Å². The van der Waals surface area contributed by atoms with E-state index in [2.05, 4.69) is 4.98 Å². The fourth-order valence-electron chi connectivity index (χ4n) is 1.46. The minimum Gasteiger partial charge on any atom is -0.486 e. The van der Waals surface area contributed by atoms with Crippen LogP contribution in [0.1, 0.15) is 23.8 Å². The second-order valence-corrected chi connectivity index (χ2v) is 3.54. The van der Waals surface area contributed by atoms with Crippen molar-refractivity contribution in [3.8, 4) is 5.75 Å². The van der Waals surface area contributed by atoms with Crippen LogP contribution >= 0.6 is 0 Å². The lowest BCUT2D eigenvalue weighted by Crippen LogP contribution is -2.15. The standard InChI is InChI=1S/C11H13NO3/c1-8(13)11-3-2-9(6-12-11)15-10-4-5-14-7-10/h2-3,6,10H,4-5,7H2,1H3/t10-/m0/s1. The van der Waals surface area contributed by atoms with Crippen LogP contribution in [0.4, 0.5) is 0 Å². The van der Waals surface area contributed by atoms with Gasteiger partial charge in [0.15, 0.2) is 5.78 Å². The second kappa shape index (κ2) is 4.40. The minimum absolute atomic E-state index is 0.0363. The average molecular weight is 207 g/mol. The largest absolute Gasteiger partial charge is 0.486 e. The van der Waals surface area contributed by atoms with Gasteiger partial charge in [0.05, 0.1) is 19.4 Å². The molecule has 2 heterocycles. The lowest BCUT2D eigenvalue weighted by molar-refractivity contribution is 0.101. The Morgan fingerprint density at radius 1 is 1.60 bits per heavy atom. The lowest BCUT2D eigenvalue weighted by atomic mass is 10.2. The maximum atomic E-state index is 11.0. The Hall–Kier alpha value is -1.42. The van der Waals surface area contributed by atoms with Crippen molar-refractivity contribution in [3.05, 3.63) is 24.0 Å². The van der Waals surface area contributed by atoms with Gasteiger partial charge in [0, 0.05) is 13.3 Å². The Morgan fingerprint density at radius 3 is 3.00 bits per heavy atom. The van der Waals surface area contributed by atoms with Crippen molar-refractivity contribution in [1.82, 2.24) is 4.98 Å². The van der Waals surface area contributed by atoms with E-state index in [1.165, 1.54) is 6.92 Å². The van der Waals surface area contributed by atoms with E-state index in [9.17, 15) is 4.79 Å². The number of nitrogens with zero attached hydrogens (tertiary/aromatic N) is 1. The smallest absolute Gasteiger partial charge is 0.178 e. The summed E-state index contributed by atoms with van der Waals surface area (Å²) in [6, 6.07) is 3.44. The normalized spacial score (nSPS) is 20.2. The number of hydrogen-bond acceptors (Lipinski definition) is 4. The topological polar surface area (TPSA) is 48.4 Å². The van der Waals surface area contributed by atoms with Crippen LogP contribution in [0.5, 0.6) is 5.75 Å². The summed E-state index contributed by atoms with van der Waals surface area (Å²) in [5.41, 5.74) is 0.463. The fraction of sp³-hybridized carbons (Fsp3) is 0.455. The van der Waals surface area contributed by atoms with E-state index in [0.717, 1.165) is 13.0 Å². The summed E-state index contributed by atoms with van der Waals surface area (Å²) >= 11 is 0. The van der Waals surface area contributed by atoms with Crippen LogP contribution in [0.3, 0.4) is 0 Å². The molecule has 1 atom stereocenters. The molecule has 1 aromatic heterocycles. The van der Waals surface area contributed by atoms with Crippen molar-refractivity contribution >= 4 is 5.78 Å². The molecule has 0 radical (unpaired) electrons. The molecule has 1 aromatic rings. The molecule has 0 N–H and O–H groups in total. The van der Waals surface area contributed by atoms with Crippen molar-refractivity contribution in [2.24, 2.45) is 0 Å². The molecule has 1 aliphatic rings. The van der Waals surface area contributed by atoms with Gasteiger partial charge in [0.25, 0.3) is 0 Å². The van der Waals surface area contributed by atoms with Gasteiger partial charge in [-0.2, -0.15) is 0 Å². The van der Waals surface area contributed by atoms with Crippen molar-refractivity contribution in [1.29, 1.82) is 0 Å². The van der Waals surface area contributed by atoms with E-state index in [1.807, 2.05) is 0 Å². The molecule has 1 aliphatic heterocycles. The predicted molar refractivity (Wildman–Crippen MR) is 54.1 cm³/mol. The summed E-state index contributed by atoms with van der Waals surface area (Å²) in [4.78, 5) is 15.0. The molecule has 0 unspecified atom stereocenters. The zero-order valence-corrected chi connectivity index (χ0v) is 8.60. The number of hydrogen-bond donors (Lipinski definition) is 0. The highest BCUT2D eigenvalue weighted by Crippen LogP contribution is 2.15. The fourth-order valence-corrected chi connectivity index (χ4v) is 1.46. The van der Waals surface area contributed by atoms with Gasteiger partial charge in [0.2, 0.25) is 0 Å². The van der Waals surface area contributed by atoms with Gasteiger partial charge in [-0.3, -0.25) is 4.79 Å². The van der Waals surface area contributed by atoms with Crippen LogP contribution in [0.25, 0.3) is 0 Å². The number of carbonyl (C=O) groups is 1. The van der Waals surface area contributed by atoms with E-state index >= 15 is 0 Å². The molecule has 4 nitrogen and oxygen atoms in total. The Balaban J connectivity index is 2.00. The molecule has 0 aromatic carbocycles. The molecule has 4 heteroatoms. The zero-order valence-electron chi connectivity index (χ0n) is 8.60. The first-order chi connectivity index (χ1) is 7.25. The molecule has 80 valence electrons. The zero-order chi connectivity index (χ0) is 10.7. The van der Waals surface area contributed by atoms with Gasteiger partial charge >= 0.3 is 0 Å². The first kappa shape index (κ1) is 10.1. The summed E-state index contributed by atoms with van der Waals surface area (Å²) in [6.45, 7) is 2.88. The maximum absolute atomic E-state index is 11.0. The molecule has 2 rings (SSSR count). The molecule has 0 saturated carbocycles. The summed E-state index contributed by atoms with van der Waals surface area (Å²) in [6.07, 6.45) is 2.61. The molecule has 0 spiro atoms.